The molecule has 118 valence electrons. The van der Waals surface area contributed by atoms with Gasteiger partial charge in [0.25, 0.3) is 0 Å². The molecular formula is C16H31ClN2O. The average molecular weight is 303 g/mol. The lowest BCUT2D eigenvalue weighted by Crippen LogP contribution is -2.50. The van der Waals surface area contributed by atoms with Crippen molar-refractivity contribution in [3.63, 3.8) is 0 Å². The number of likely N-dealkylation sites (tertiary alicyclic amines) is 1. The average Bonchev–Trinajstić information content (AvgIpc) is 2.87. The van der Waals surface area contributed by atoms with Crippen LogP contribution in [-0.4, -0.2) is 30.4 Å². The summed E-state index contributed by atoms with van der Waals surface area (Å²) in [6.45, 7) is 9.34. The topological polar surface area (TPSA) is 46.3 Å². The molecule has 20 heavy (non-hydrogen) atoms. The number of piperidine rings is 1. The van der Waals surface area contributed by atoms with E-state index in [0.717, 1.165) is 44.7 Å². The van der Waals surface area contributed by atoms with Crippen molar-refractivity contribution in [2.45, 2.75) is 59.3 Å². The lowest BCUT2D eigenvalue weighted by atomic mass is 9.74. The van der Waals surface area contributed by atoms with E-state index in [9.17, 15) is 4.79 Å². The number of hydrogen-bond donors (Lipinski definition) is 1. The quantitative estimate of drug-likeness (QED) is 0.851. The predicted octanol–water partition coefficient (Wildman–Crippen LogP) is 3.21. The lowest BCUT2D eigenvalue weighted by Gasteiger charge is -2.41. The standard InChI is InChI=1S/C16H30N2O.ClH/c1-15(2,3)13-6-10-18(11-7-13)14(19)16(12-17)8-4-5-9-16;/h13H,4-12,17H2,1-3H3;1H. The maximum absolute atomic E-state index is 12.8. The Labute approximate surface area is 130 Å². The Morgan fingerprint density at radius 1 is 1.20 bits per heavy atom. The molecule has 0 aromatic heterocycles. The molecule has 0 unspecified atom stereocenters. The van der Waals surface area contributed by atoms with Gasteiger partial charge in [-0.2, -0.15) is 0 Å². The van der Waals surface area contributed by atoms with Crippen molar-refractivity contribution in [1.82, 2.24) is 4.90 Å². The molecule has 0 atom stereocenters. The summed E-state index contributed by atoms with van der Waals surface area (Å²) in [5.74, 6) is 1.09. The second-order valence-corrected chi connectivity index (χ2v) is 7.62. The monoisotopic (exact) mass is 302 g/mol. The summed E-state index contributed by atoms with van der Waals surface area (Å²) in [6.07, 6.45) is 6.64. The van der Waals surface area contributed by atoms with Crippen LogP contribution in [0.15, 0.2) is 0 Å². The molecule has 1 saturated heterocycles. The second kappa shape index (κ2) is 6.65. The first-order valence-corrected chi connectivity index (χ1v) is 7.88. The van der Waals surface area contributed by atoms with E-state index in [1.807, 2.05) is 0 Å². The van der Waals surface area contributed by atoms with Crippen LogP contribution in [0.4, 0.5) is 0 Å². The highest BCUT2D eigenvalue weighted by Crippen LogP contribution is 2.41. The SMILES string of the molecule is CC(C)(C)C1CCN(C(=O)C2(CN)CCCC2)CC1.Cl. The van der Waals surface area contributed by atoms with E-state index in [-0.39, 0.29) is 17.8 Å². The van der Waals surface area contributed by atoms with Gasteiger partial charge in [-0.05, 0) is 37.0 Å². The Kier molecular flexibility index (Phi) is 5.91. The Morgan fingerprint density at radius 3 is 2.10 bits per heavy atom. The number of rotatable bonds is 2. The number of hydrogen-bond acceptors (Lipinski definition) is 2. The fourth-order valence-corrected chi connectivity index (χ4v) is 3.84. The molecule has 1 amide bonds. The van der Waals surface area contributed by atoms with Crippen molar-refractivity contribution >= 4 is 18.3 Å². The molecule has 4 heteroatoms. The van der Waals surface area contributed by atoms with Crippen molar-refractivity contribution in [3.05, 3.63) is 0 Å². The second-order valence-electron chi connectivity index (χ2n) is 7.62. The van der Waals surface area contributed by atoms with Gasteiger partial charge in [-0.3, -0.25) is 4.79 Å². The minimum atomic E-state index is -0.214. The van der Waals surface area contributed by atoms with E-state index in [1.165, 1.54) is 12.8 Å². The highest BCUT2D eigenvalue weighted by atomic mass is 35.5. The molecule has 2 N–H and O–H groups in total. The summed E-state index contributed by atoms with van der Waals surface area (Å²) in [6, 6.07) is 0. The van der Waals surface area contributed by atoms with Crippen LogP contribution in [0.1, 0.15) is 59.3 Å². The van der Waals surface area contributed by atoms with Crippen molar-refractivity contribution in [2.24, 2.45) is 22.5 Å². The molecule has 1 saturated carbocycles. The van der Waals surface area contributed by atoms with E-state index < -0.39 is 0 Å². The van der Waals surface area contributed by atoms with E-state index in [4.69, 9.17) is 5.73 Å². The Hall–Kier alpha value is -0.280. The normalized spacial score (nSPS) is 23.5. The predicted molar refractivity (Wildman–Crippen MR) is 86.0 cm³/mol. The van der Waals surface area contributed by atoms with Crippen LogP contribution in [0.2, 0.25) is 0 Å². The number of amides is 1. The number of carbonyl (C=O) groups excluding carboxylic acids is 1. The summed E-state index contributed by atoms with van der Waals surface area (Å²) < 4.78 is 0. The van der Waals surface area contributed by atoms with Crippen molar-refractivity contribution in [1.29, 1.82) is 0 Å². The van der Waals surface area contributed by atoms with Crippen LogP contribution in [-0.2, 0) is 4.79 Å². The number of halogens is 1. The molecule has 2 fully saturated rings. The Bertz CT molecular complexity index is 324. The van der Waals surface area contributed by atoms with Gasteiger partial charge in [-0.15, -0.1) is 12.4 Å². The van der Waals surface area contributed by atoms with Crippen LogP contribution in [0.5, 0.6) is 0 Å². The summed E-state index contributed by atoms with van der Waals surface area (Å²) in [5, 5.41) is 0. The lowest BCUT2D eigenvalue weighted by molar-refractivity contribution is -0.143. The molecule has 2 rings (SSSR count). The van der Waals surface area contributed by atoms with Gasteiger partial charge in [0.15, 0.2) is 0 Å². The summed E-state index contributed by atoms with van der Waals surface area (Å²) in [7, 11) is 0. The third-order valence-electron chi connectivity index (χ3n) is 5.41. The van der Waals surface area contributed by atoms with Gasteiger partial charge < -0.3 is 10.6 Å². The molecule has 1 heterocycles. The van der Waals surface area contributed by atoms with Crippen LogP contribution in [0.3, 0.4) is 0 Å². The number of nitrogens with two attached hydrogens (primary N) is 1. The van der Waals surface area contributed by atoms with Crippen molar-refractivity contribution in [2.75, 3.05) is 19.6 Å². The maximum atomic E-state index is 12.8. The zero-order valence-electron chi connectivity index (χ0n) is 13.3. The summed E-state index contributed by atoms with van der Waals surface area (Å²) >= 11 is 0. The molecule has 2 aliphatic rings. The maximum Gasteiger partial charge on any atom is 0.230 e. The molecule has 0 spiro atoms. The van der Waals surface area contributed by atoms with E-state index in [1.54, 1.807) is 0 Å². The highest BCUT2D eigenvalue weighted by Gasteiger charge is 2.43. The zero-order valence-corrected chi connectivity index (χ0v) is 14.1. The van der Waals surface area contributed by atoms with E-state index in [0.29, 0.717) is 17.9 Å². The molecule has 1 aliphatic heterocycles. The van der Waals surface area contributed by atoms with E-state index >= 15 is 0 Å². The summed E-state index contributed by atoms with van der Waals surface area (Å²) in [5.41, 5.74) is 6.08. The van der Waals surface area contributed by atoms with Crippen LogP contribution >= 0.6 is 12.4 Å². The Morgan fingerprint density at radius 2 is 1.70 bits per heavy atom. The van der Waals surface area contributed by atoms with Crippen LogP contribution < -0.4 is 5.73 Å². The van der Waals surface area contributed by atoms with Crippen LogP contribution in [0, 0.1) is 16.7 Å². The third-order valence-corrected chi connectivity index (χ3v) is 5.41. The molecule has 0 aromatic rings. The molecule has 0 bridgehead atoms. The largest absolute Gasteiger partial charge is 0.342 e. The van der Waals surface area contributed by atoms with Gasteiger partial charge in [0.2, 0.25) is 5.91 Å². The first-order chi connectivity index (χ1) is 8.89. The first kappa shape index (κ1) is 17.8. The fraction of sp³-hybridized carbons (Fsp3) is 0.938. The molecule has 0 radical (unpaired) electrons. The van der Waals surface area contributed by atoms with Gasteiger partial charge >= 0.3 is 0 Å². The molecular weight excluding hydrogens is 272 g/mol. The van der Waals surface area contributed by atoms with Gasteiger partial charge in [-0.25, -0.2) is 0 Å². The van der Waals surface area contributed by atoms with Crippen molar-refractivity contribution in [3.8, 4) is 0 Å². The summed E-state index contributed by atoms with van der Waals surface area (Å²) in [4.78, 5) is 14.9. The van der Waals surface area contributed by atoms with E-state index in [2.05, 4.69) is 25.7 Å². The molecule has 3 nitrogen and oxygen atoms in total. The molecule has 0 aromatic carbocycles. The first-order valence-electron chi connectivity index (χ1n) is 7.88. The smallest absolute Gasteiger partial charge is 0.230 e. The van der Waals surface area contributed by atoms with Gasteiger partial charge in [0, 0.05) is 19.6 Å². The minimum Gasteiger partial charge on any atom is -0.342 e. The zero-order chi connectivity index (χ0) is 14.1. The van der Waals surface area contributed by atoms with Gasteiger partial charge in [0.05, 0.1) is 5.41 Å². The third kappa shape index (κ3) is 3.48. The minimum absolute atomic E-state index is 0. The highest BCUT2D eigenvalue weighted by molar-refractivity contribution is 5.85. The van der Waals surface area contributed by atoms with Crippen molar-refractivity contribution < 1.29 is 4.79 Å². The number of carbonyl (C=O) groups is 1. The van der Waals surface area contributed by atoms with Gasteiger partial charge in [-0.1, -0.05) is 33.6 Å². The number of nitrogens with zero attached hydrogens (tertiary/aromatic N) is 1. The fourth-order valence-electron chi connectivity index (χ4n) is 3.84. The molecule has 1 aliphatic carbocycles. The van der Waals surface area contributed by atoms with Gasteiger partial charge in [0.1, 0.15) is 0 Å². The van der Waals surface area contributed by atoms with Crippen LogP contribution in [0.25, 0.3) is 0 Å². The Balaban J connectivity index is 0.00000200.